The van der Waals surface area contributed by atoms with Crippen LogP contribution in [-0.4, -0.2) is 91.5 Å². The predicted octanol–water partition coefficient (Wildman–Crippen LogP) is -0.0448. The van der Waals surface area contributed by atoms with Gasteiger partial charge in [-0.2, -0.15) is 26.3 Å². The Morgan fingerprint density at radius 1 is 0.885 bits per heavy atom. The molecule has 0 aromatic carbocycles. The van der Waals surface area contributed by atoms with Gasteiger partial charge in [0.05, 0.1) is 11.5 Å². The molecule has 0 spiro atoms. The number of halogens is 6. The fourth-order valence-electron chi connectivity index (χ4n) is 1.62. The van der Waals surface area contributed by atoms with Crippen molar-refractivity contribution >= 4 is 21.8 Å². The van der Waals surface area contributed by atoms with E-state index in [0.717, 1.165) is 26.2 Å². The van der Waals surface area contributed by atoms with Crippen molar-refractivity contribution in [3.8, 4) is 0 Å². The molecular formula is C11H16F6N2O6S. The summed E-state index contributed by atoms with van der Waals surface area (Å²) < 4.78 is 85.6. The third kappa shape index (κ3) is 9.76. The molecule has 0 aromatic heterocycles. The smallest absolute Gasteiger partial charge is 0.475 e. The van der Waals surface area contributed by atoms with Crippen LogP contribution in [0.4, 0.5) is 26.3 Å². The minimum atomic E-state index is -5.08. The number of nitrogens with zero attached hydrogens (tertiary/aromatic N) is 1. The van der Waals surface area contributed by atoms with Gasteiger partial charge in [0.1, 0.15) is 0 Å². The summed E-state index contributed by atoms with van der Waals surface area (Å²) in [5, 5.41) is 17.4. The molecule has 0 bridgehead atoms. The second-order valence-electron chi connectivity index (χ2n) is 5.11. The van der Waals surface area contributed by atoms with Crippen molar-refractivity contribution in [3.63, 3.8) is 0 Å². The molecule has 26 heavy (non-hydrogen) atoms. The van der Waals surface area contributed by atoms with Crippen molar-refractivity contribution in [3.05, 3.63) is 0 Å². The molecule has 3 N–H and O–H groups in total. The lowest BCUT2D eigenvalue weighted by Gasteiger charge is -2.39. The lowest BCUT2D eigenvalue weighted by atomic mass is 10.1. The summed E-state index contributed by atoms with van der Waals surface area (Å²) in [7, 11) is -2.70. The Kier molecular flexibility index (Phi) is 8.78. The lowest BCUT2D eigenvalue weighted by molar-refractivity contribution is -0.193. The highest BCUT2D eigenvalue weighted by molar-refractivity contribution is 7.91. The van der Waals surface area contributed by atoms with Gasteiger partial charge in [-0.3, -0.25) is 4.90 Å². The average Bonchev–Trinajstić information content (AvgIpc) is 2.38. The van der Waals surface area contributed by atoms with Crippen molar-refractivity contribution in [1.82, 2.24) is 10.2 Å². The summed E-state index contributed by atoms with van der Waals surface area (Å²) in [5.74, 6) is -4.81. The van der Waals surface area contributed by atoms with Crippen LogP contribution in [0.3, 0.4) is 0 Å². The summed E-state index contributed by atoms with van der Waals surface area (Å²) in [5.41, 5.74) is 0. The highest BCUT2D eigenvalue weighted by atomic mass is 32.2. The molecular weight excluding hydrogens is 402 g/mol. The molecule has 0 amide bonds. The Hall–Kier alpha value is -1.61. The van der Waals surface area contributed by atoms with Gasteiger partial charge in [-0.15, -0.1) is 0 Å². The summed E-state index contributed by atoms with van der Waals surface area (Å²) >= 11 is 0. The number of carboxylic acid groups (broad SMARTS) is 2. The van der Waals surface area contributed by atoms with E-state index < -0.39 is 34.1 Å². The number of rotatable bonds is 1. The monoisotopic (exact) mass is 418 g/mol. The Morgan fingerprint density at radius 3 is 1.38 bits per heavy atom. The third-order valence-corrected chi connectivity index (χ3v) is 4.75. The number of hydrogen-bond donors (Lipinski definition) is 3. The van der Waals surface area contributed by atoms with Crippen LogP contribution >= 0.6 is 0 Å². The quantitative estimate of drug-likeness (QED) is 0.507. The molecule has 2 rings (SSSR count). The molecule has 154 valence electrons. The molecule has 0 atom stereocenters. The maximum atomic E-state index is 11.1. The first kappa shape index (κ1) is 24.4. The maximum Gasteiger partial charge on any atom is 0.490 e. The summed E-state index contributed by atoms with van der Waals surface area (Å²) in [4.78, 5) is 20.1. The number of hydrogen-bond acceptors (Lipinski definition) is 6. The van der Waals surface area contributed by atoms with Crippen LogP contribution in [0.2, 0.25) is 0 Å². The van der Waals surface area contributed by atoms with E-state index in [9.17, 15) is 34.8 Å². The molecule has 0 unspecified atom stereocenters. The minimum Gasteiger partial charge on any atom is -0.475 e. The van der Waals surface area contributed by atoms with E-state index in [1.54, 1.807) is 0 Å². The van der Waals surface area contributed by atoms with E-state index in [-0.39, 0.29) is 0 Å². The number of nitrogens with one attached hydrogen (secondary N) is 1. The molecule has 2 heterocycles. The van der Waals surface area contributed by atoms with E-state index >= 15 is 0 Å². The zero-order chi connectivity index (χ0) is 20.8. The zero-order valence-corrected chi connectivity index (χ0v) is 13.8. The van der Waals surface area contributed by atoms with Gasteiger partial charge in [-0.1, -0.05) is 0 Å². The van der Waals surface area contributed by atoms with Crippen molar-refractivity contribution in [1.29, 1.82) is 0 Å². The minimum absolute atomic E-state index is 0.351. The third-order valence-electron chi connectivity index (χ3n) is 3.14. The van der Waals surface area contributed by atoms with Crippen molar-refractivity contribution in [2.24, 2.45) is 0 Å². The molecule has 2 aliphatic rings. The zero-order valence-electron chi connectivity index (χ0n) is 13.0. The normalized spacial score (nSPS) is 20.5. The Bertz CT molecular complexity index is 549. The molecule has 15 heteroatoms. The molecule has 0 saturated carbocycles. The topological polar surface area (TPSA) is 124 Å². The number of carbonyl (C=O) groups is 2. The van der Waals surface area contributed by atoms with Crippen LogP contribution < -0.4 is 5.32 Å². The van der Waals surface area contributed by atoms with E-state index in [2.05, 4.69) is 10.2 Å². The van der Waals surface area contributed by atoms with Gasteiger partial charge in [0, 0.05) is 32.2 Å². The van der Waals surface area contributed by atoms with Crippen molar-refractivity contribution in [2.75, 3.05) is 37.7 Å². The van der Waals surface area contributed by atoms with Crippen LogP contribution in [0, 0.1) is 0 Å². The number of aliphatic carboxylic acids is 2. The first-order chi connectivity index (χ1) is 11.6. The number of carboxylic acids is 2. The van der Waals surface area contributed by atoms with Crippen LogP contribution in [0.5, 0.6) is 0 Å². The Balaban J connectivity index is 0.000000390. The largest absolute Gasteiger partial charge is 0.490 e. The first-order valence-corrected chi connectivity index (χ1v) is 8.64. The van der Waals surface area contributed by atoms with Gasteiger partial charge in [-0.05, 0) is 0 Å². The SMILES string of the molecule is O=C(O)C(F)(F)F.O=C(O)C(F)(F)F.O=S1(=O)CCN(C2CNC2)CC1. The Morgan fingerprint density at radius 2 is 1.19 bits per heavy atom. The van der Waals surface area contributed by atoms with Gasteiger partial charge in [0.15, 0.2) is 9.84 Å². The van der Waals surface area contributed by atoms with Crippen molar-refractivity contribution in [2.45, 2.75) is 18.4 Å². The van der Waals surface area contributed by atoms with Crippen LogP contribution in [-0.2, 0) is 19.4 Å². The summed E-state index contributed by atoms with van der Waals surface area (Å²) in [6.45, 7) is 3.52. The maximum absolute atomic E-state index is 11.1. The van der Waals surface area contributed by atoms with Crippen LogP contribution in [0.15, 0.2) is 0 Å². The van der Waals surface area contributed by atoms with E-state index in [4.69, 9.17) is 19.8 Å². The summed E-state index contributed by atoms with van der Waals surface area (Å²) in [6, 6.07) is 0.598. The molecule has 2 aliphatic heterocycles. The molecule has 8 nitrogen and oxygen atoms in total. The molecule has 0 aromatic rings. The van der Waals surface area contributed by atoms with Crippen LogP contribution in [0.25, 0.3) is 0 Å². The fourth-order valence-corrected chi connectivity index (χ4v) is 2.85. The second-order valence-corrected chi connectivity index (χ2v) is 7.41. The van der Waals surface area contributed by atoms with Gasteiger partial charge < -0.3 is 15.5 Å². The van der Waals surface area contributed by atoms with E-state index in [1.807, 2.05) is 0 Å². The standard InChI is InChI=1S/C7H14N2O2S.2C2HF3O2/c10-12(11)3-1-9(2-4-12)7-5-8-6-7;2*3-2(4,5)1(6)7/h7-8H,1-6H2;2*(H,6,7). The number of alkyl halides is 6. The van der Waals surface area contributed by atoms with Gasteiger partial charge in [-0.25, -0.2) is 18.0 Å². The molecule has 2 saturated heterocycles. The summed E-state index contributed by atoms with van der Waals surface area (Å²) in [6.07, 6.45) is -10.2. The van der Waals surface area contributed by atoms with Crippen LogP contribution in [0.1, 0.15) is 0 Å². The highest BCUT2D eigenvalue weighted by Crippen LogP contribution is 2.13. The average molecular weight is 418 g/mol. The predicted molar refractivity (Wildman–Crippen MR) is 74.3 cm³/mol. The second kappa shape index (κ2) is 9.36. The molecule has 2 fully saturated rings. The lowest BCUT2D eigenvalue weighted by Crippen LogP contribution is -2.60. The van der Waals surface area contributed by atoms with E-state index in [1.165, 1.54) is 0 Å². The number of sulfone groups is 1. The highest BCUT2D eigenvalue weighted by Gasteiger charge is 2.38. The Labute approximate surface area is 143 Å². The van der Waals surface area contributed by atoms with Gasteiger partial charge >= 0.3 is 24.3 Å². The first-order valence-electron chi connectivity index (χ1n) is 6.81. The molecule has 0 aliphatic carbocycles. The van der Waals surface area contributed by atoms with E-state index in [0.29, 0.717) is 17.5 Å². The fraction of sp³-hybridized carbons (Fsp3) is 0.818. The van der Waals surface area contributed by atoms with Crippen molar-refractivity contribution < 1.29 is 54.6 Å². The van der Waals surface area contributed by atoms with Gasteiger partial charge in [0.25, 0.3) is 0 Å². The van der Waals surface area contributed by atoms with Gasteiger partial charge in [0.2, 0.25) is 0 Å². The molecule has 0 radical (unpaired) electrons.